The van der Waals surface area contributed by atoms with Crippen molar-refractivity contribution in [3.05, 3.63) is 166 Å². The summed E-state index contributed by atoms with van der Waals surface area (Å²) in [6, 6.07) is 43.6. The molecule has 0 unspecified atom stereocenters. The normalized spacial score (nSPS) is 12.0. The van der Waals surface area contributed by atoms with Gasteiger partial charge < -0.3 is 85.3 Å². The molecule has 0 aliphatic rings. The molecule has 0 heterocycles. The summed E-state index contributed by atoms with van der Waals surface area (Å²) in [6.45, 7) is 10.4. The molecule has 5 rings (SSSR count). The van der Waals surface area contributed by atoms with E-state index in [4.69, 9.17) is 85.3 Å². The van der Waals surface area contributed by atoms with Crippen LogP contribution in [-0.4, -0.2) is 226 Å². The quantitative estimate of drug-likeness (QED) is 0.0201. The predicted octanol–water partition coefficient (Wildman–Crippen LogP) is 10.4. The van der Waals surface area contributed by atoms with E-state index >= 15 is 0 Å². The molecule has 510 valence electrons. The number of ether oxygens (including phenoxy) is 18. The smallest absolute Gasteiger partial charge is 0.145 e. The minimum absolute atomic E-state index is 0.154. The van der Waals surface area contributed by atoms with Gasteiger partial charge in [0.2, 0.25) is 0 Å². The van der Waals surface area contributed by atoms with Crippen LogP contribution in [0.5, 0.6) is 11.5 Å². The highest BCUT2D eigenvalue weighted by Crippen LogP contribution is 2.34. The van der Waals surface area contributed by atoms with Crippen LogP contribution in [0.1, 0.15) is 44.5 Å². The van der Waals surface area contributed by atoms with Gasteiger partial charge in [0.15, 0.2) is 0 Å². The van der Waals surface area contributed by atoms with E-state index in [-0.39, 0.29) is 26.4 Å². The van der Waals surface area contributed by atoms with Crippen molar-refractivity contribution < 1.29 is 85.3 Å². The minimum atomic E-state index is -0.613. The van der Waals surface area contributed by atoms with Crippen molar-refractivity contribution in [1.29, 1.82) is 10.5 Å². The number of hydrogen-bond donors (Lipinski definition) is 0. The first kappa shape index (κ1) is 77.7. The van der Waals surface area contributed by atoms with E-state index in [9.17, 15) is 10.5 Å². The number of benzene rings is 5. The van der Waals surface area contributed by atoms with Crippen molar-refractivity contribution in [2.45, 2.75) is 12.2 Å². The molecule has 0 saturated heterocycles. The van der Waals surface area contributed by atoms with Crippen LogP contribution in [0.25, 0.3) is 47.6 Å². The maximum Gasteiger partial charge on any atom is 0.145 e. The lowest BCUT2D eigenvalue weighted by Crippen LogP contribution is -2.31. The van der Waals surface area contributed by atoms with Gasteiger partial charge in [-0.05, 0) is 57.7 Å². The van der Waals surface area contributed by atoms with Gasteiger partial charge >= 0.3 is 0 Å². The Morgan fingerprint density at radius 2 is 0.553 bits per heavy atom. The van der Waals surface area contributed by atoms with Gasteiger partial charge in [-0.2, -0.15) is 10.5 Å². The molecule has 0 atom stereocenters. The summed E-state index contributed by atoms with van der Waals surface area (Å²) in [4.78, 5) is 0. The first-order valence-corrected chi connectivity index (χ1v) is 31.8. The van der Waals surface area contributed by atoms with Gasteiger partial charge in [-0.3, -0.25) is 0 Å². The van der Waals surface area contributed by atoms with E-state index in [0.29, 0.717) is 192 Å². The van der Waals surface area contributed by atoms with E-state index in [2.05, 4.69) is 12.1 Å². The molecular weight excluding hydrogens is 1200 g/mol. The Labute approximate surface area is 556 Å². The zero-order valence-electron chi connectivity index (χ0n) is 55.2. The highest BCUT2D eigenvalue weighted by atomic mass is 16.6. The lowest BCUT2D eigenvalue weighted by atomic mass is 10.0. The molecule has 0 bridgehead atoms. The SMILES string of the molecule is COCCOCCOCCOCC(COCCOCCOCCOC)Oc1cc(/C=C/c2ccc(/C=C(\C#N)c3ccccc3)cc2)c(OC(COCCOCCOCCOC)COCCOCCOCCOC)cc1/C=C/c1ccc(/C=C(\C#N)c2ccccc2)cc1. The van der Waals surface area contributed by atoms with Crippen LogP contribution in [-0.2, 0) is 75.8 Å². The molecule has 5 aromatic carbocycles. The van der Waals surface area contributed by atoms with Gasteiger partial charge in [0.1, 0.15) is 23.7 Å². The first-order chi connectivity index (χ1) is 46.5. The zero-order chi connectivity index (χ0) is 66.4. The molecule has 20 heteroatoms. The van der Waals surface area contributed by atoms with Crippen molar-refractivity contribution >= 4 is 47.6 Å². The summed E-state index contributed by atoms with van der Waals surface area (Å²) in [5.74, 6) is 1.02. The summed E-state index contributed by atoms with van der Waals surface area (Å²) in [7, 11) is 6.53. The van der Waals surface area contributed by atoms with Crippen LogP contribution in [0.2, 0.25) is 0 Å². The molecule has 94 heavy (non-hydrogen) atoms. The summed E-state index contributed by atoms with van der Waals surface area (Å²) in [6.07, 6.45) is 10.5. The largest absolute Gasteiger partial charge is 0.485 e. The Hall–Kier alpha value is -7.00. The van der Waals surface area contributed by atoms with Crippen molar-refractivity contribution in [2.24, 2.45) is 0 Å². The lowest BCUT2D eigenvalue weighted by molar-refractivity contribution is -0.0415. The average Bonchev–Trinajstić information content (AvgIpc) is 0.880. The minimum Gasteiger partial charge on any atom is -0.485 e. The van der Waals surface area contributed by atoms with Crippen LogP contribution in [0.4, 0.5) is 0 Å². The fourth-order valence-electron chi connectivity index (χ4n) is 8.54. The average molecular weight is 1300 g/mol. The van der Waals surface area contributed by atoms with Gasteiger partial charge in [-0.1, -0.05) is 133 Å². The molecule has 0 spiro atoms. The number of nitriles is 2. The molecule has 0 fully saturated rings. The maximum atomic E-state index is 10.1. The summed E-state index contributed by atoms with van der Waals surface area (Å²) in [5, 5.41) is 20.2. The van der Waals surface area contributed by atoms with Gasteiger partial charge in [0.05, 0.1) is 208 Å². The van der Waals surface area contributed by atoms with Crippen molar-refractivity contribution in [2.75, 3.05) is 213 Å². The van der Waals surface area contributed by atoms with Crippen LogP contribution in [0.3, 0.4) is 0 Å². The van der Waals surface area contributed by atoms with E-state index < -0.39 is 12.2 Å². The van der Waals surface area contributed by atoms with Crippen LogP contribution in [0.15, 0.2) is 121 Å². The van der Waals surface area contributed by atoms with Gasteiger partial charge in [0.25, 0.3) is 0 Å². The summed E-state index contributed by atoms with van der Waals surface area (Å²) >= 11 is 0. The van der Waals surface area contributed by atoms with Gasteiger partial charge in [-0.25, -0.2) is 0 Å². The standard InChI is InChI=1S/C74H96N2O18/c1-77-27-31-81-35-39-85-43-47-89-57-71(58-90-48-44-86-40-36-82-32-28-78-2)93-73-53-68(26-24-62-17-21-64(22-18-62)52-70(56-76)66-13-9-6-10-14-66)74(54-67(73)25-23-61-15-19-63(20-16-61)51-69(55-75)65-11-7-5-8-12-65)94-72(59-91-49-45-87-41-37-83-33-29-79-3)60-92-50-46-88-42-38-84-34-30-80-4/h5-26,51-54,71-72H,27-50,57-60H2,1-4H3/b25-23+,26-24+,69-51+,70-52+. The van der Waals surface area contributed by atoms with Gasteiger partial charge in [-0.15, -0.1) is 0 Å². The third-order valence-electron chi connectivity index (χ3n) is 13.5. The molecule has 0 amide bonds. The Balaban J connectivity index is 1.53. The van der Waals surface area contributed by atoms with E-state index in [1.807, 2.05) is 158 Å². The number of nitrogens with zero attached hydrogens (tertiary/aromatic N) is 2. The zero-order valence-corrected chi connectivity index (χ0v) is 55.2. The lowest BCUT2D eigenvalue weighted by Gasteiger charge is -2.24. The Morgan fingerprint density at radius 3 is 0.809 bits per heavy atom. The van der Waals surface area contributed by atoms with E-state index in [1.165, 1.54) is 0 Å². The van der Waals surface area contributed by atoms with Crippen molar-refractivity contribution in [3.63, 3.8) is 0 Å². The Morgan fingerprint density at radius 1 is 0.309 bits per heavy atom. The molecule has 0 aliphatic carbocycles. The van der Waals surface area contributed by atoms with Crippen LogP contribution < -0.4 is 9.47 Å². The van der Waals surface area contributed by atoms with Crippen molar-refractivity contribution in [3.8, 4) is 23.6 Å². The second kappa shape index (κ2) is 52.3. The number of allylic oxidation sites excluding steroid dienone is 2. The van der Waals surface area contributed by atoms with Crippen molar-refractivity contribution in [1.82, 2.24) is 0 Å². The molecule has 0 saturated carbocycles. The van der Waals surface area contributed by atoms with E-state index in [1.54, 1.807) is 28.4 Å². The number of methoxy groups -OCH3 is 4. The molecule has 0 radical (unpaired) electrons. The maximum absolute atomic E-state index is 10.1. The van der Waals surface area contributed by atoms with Crippen LogP contribution >= 0.6 is 0 Å². The molecule has 0 aromatic heterocycles. The Bertz CT molecular complexity index is 2690. The predicted molar refractivity (Wildman–Crippen MR) is 363 cm³/mol. The summed E-state index contributed by atoms with van der Waals surface area (Å²) in [5.41, 5.74) is 7.65. The fourth-order valence-corrected chi connectivity index (χ4v) is 8.54. The molecule has 5 aromatic rings. The number of hydrogen-bond acceptors (Lipinski definition) is 20. The van der Waals surface area contributed by atoms with Crippen LogP contribution in [0, 0.1) is 22.7 Å². The highest BCUT2D eigenvalue weighted by molar-refractivity contribution is 5.90. The second-order valence-corrected chi connectivity index (χ2v) is 20.6. The molecular formula is C74H96N2O18. The number of rotatable bonds is 56. The third-order valence-corrected chi connectivity index (χ3v) is 13.5. The third kappa shape index (κ3) is 34.9. The van der Waals surface area contributed by atoms with Gasteiger partial charge in [0, 0.05) is 39.6 Å². The molecule has 0 N–H and O–H groups in total. The molecule has 20 nitrogen and oxygen atoms in total. The summed E-state index contributed by atoms with van der Waals surface area (Å²) < 4.78 is 105. The monoisotopic (exact) mass is 1300 g/mol. The Kier molecular flexibility index (Phi) is 43.2. The molecule has 0 aliphatic heterocycles. The first-order valence-electron chi connectivity index (χ1n) is 31.8. The fraction of sp³-hybridized carbons (Fsp3) is 0.459. The topological polar surface area (TPSA) is 214 Å². The van der Waals surface area contributed by atoms with E-state index in [0.717, 1.165) is 33.4 Å². The highest BCUT2D eigenvalue weighted by Gasteiger charge is 2.20. The second-order valence-electron chi connectivity index (χ2n) is 20.6.